The first-order chi connectivity index (χ1) is 13.9. The van der Waals surface area contributed by atoms with Crippen LogP contribution in [0.1, 0.15) is 33.9 Å². The maximum atomic E-state index is 13.1. The zero-order chi connectivity index (χ0) is 20.5. The monoisotopic (exact) mass is 381 g/mol. The minimum absolute atomic E-state index is 0.102. The van der Waals surface area contributed by atoms with Gasteiger partial charge in [-0.05, 0) is 66.8 Å². The lowest BCUT2D eigenvalue weighted by Gasteiger charge is -2.17. The van der Waals surface area contributed by atoms with Crippen molar-refractivity contribution < 1.29 is 9.59 Å². The quantitative estimate of drug-likeness (QED) is 0.592. The van der Waals surface area contributed by atoms with Crippen molar-refractivity contribution in [3.8, 4) is 11.1 Å². The SMILES string of the molecule is Cc1ccc(-c2cc(C)c(C3C(=O)C=C(Cc4ccccn4)C3=O)c(C)c2)cc1. The number of hydrogen-bond donors (Lipinski definition) is 0. The molecule has 0 N–H and O–H groups in total. The number of nitrogens with zero attached hydrogens (tertiary/aromatic N) is 1. The zero-order valence-electron chi connectivity index (χ0n) is 16.9. The van der Waals surface area contributed by atoms with Gasteiger partial charge in [0.1, 0.15) is 5.92 Å². The van der Waals surface area contributed by atoms with Crippen molar-refractivity contribution in [2.24, 2.45) is 0 Å². The van der Waals surface area contributed by atoms with Crippen LogP contribution in [0.25, 0.3) is 11.1 Å². The highest BCUT2D eigenvalue weighted by Gasteiger charge is 2.37. The van der Waals surface area contributed by atoms with Gasteiger partial charge in [-0.1, -0.05) is 48.0 Å². The number of aromatic nitrogens is 1. The van der Waals surface area contributed by atoms with E-state index in [1.54, 1.807) is 6.20 Å². The number of pyridine rings is 1. The molecule has 1 unspecified atom stereocenters. The average Bonchev–Trinajstić information content (AvgIpc) is 2.96. The highest BCUT2D eigenvalue weighted by atomic mass is 16.2. The minimum Gasteiger partial charge on any atom is -0.294 e. The first-order valence-corrected chi connectivity index (χ1v) is 9.81. The van der Waals surface area contributed by atoms with Gasteiger partial charge in [0.25, 0.3) is 0 Å². The van der Waals surface area contributed by atoms with Crippen LogP contribution in [0.4, 0.5) is 0 Å². The van der Waals surface area contributed by atoms with Crippen LogP contribution in [0.15, 0.2) is 72.4 Å². The molecule has 2 aromatic carbocycles. The molecule has 29 heavy (non-hydrogen) atoms. The molecule has 0 amide bonds. The van der Waals surface area contributed by atoms with Crippen LogP contribution in [-0.2, 0) is 16.0 Å². The van der Waals surface area contributed by atoms with E-state index in [1.165, 1.54) is 11.6 Å². The van der Waals surface area contributed by atoms with Crippen molar-refractivity contribution in [1.29, 1.82) is 0 Å². The van der Waals surface area contributed by atoms with Crippen LogP contribution in [0.3, 0.4) is 0 Å². The predicted octanol–water partition coefficient (Wildman–Crippen LogP) is 5.08. The highest BCUT2D eigenvalue weighted by molar-refractivity contribution is 6.25. The summed E-state index contributed by atoms with van der Waals surface area (Å²) in [4.78, 5) is 30.1. The van der Waals surface area contributed by atoms with Crippen LogP contribution in [-0.4, -0.2) is 16.6 Å². The maximum absolute atomic E-state index is 13.1. The number of carbonyl (C=O) groups excluding carboxylic acids is 2. The maximum Gasteiger partial charge on any atom is 0.174 e. The standard InChI is InChI=1S/C26H23NO2/c1-16-7-9-19(10-8-16)20-12-17(2)24(18(3)13-20)25-23(28)15-21(26(25)29)14-22-6-4-5-11-27-22/h4-13,15,25H,14H2,1-3H3. The Hall–Kier alpha value is -3.33. The second-order valence-corrected chi connectivity index (χ2v) is 7.76. The van der Waals surface area contributed by atoms with Gasteiger partial charge in [0.2, 0.25) is 0 Å². The van der Waals surface area contributed by atoms with E-state index in [0.29, 0.717) is 12.0 Å². The summed E-state index contributed by atoms with van der Waals surface area (Å²) >= 11 is 0. The second kappa shape index (κ2) is 7.59. The number of hydrogen-bond acceptors (Lipinski definition) is 3. The third kappa shape index (κ3) is 3.68. The van der Waals surface area contributed by atoms with Crippen LogP contribution in [0.2, 0.25) is 0 Å². The first kappa shape index (κ1) is 19.0. The summed E-state index contributed by atoms with van der Waals surface area (Å²) in [7, 11) is 0. The number of ketones is 2. The van der Waals surface area contributed by atoms with Gasteiger partial charge in [0.15, 0.2) is 11.6 Å². The van der Waals surface area contributed by atoms with Gasteiger partial charge in [0.05, 0.1) is 0 Å². The van der Waals surface area contributed by atoms with Crippen molar-refractivity contribution in [1.82, 2.24) is 4.98 Å². The molecule has 1 atom stereocenters. The van der Waals surface area contributed by atoms with Crippen molar-refractivity contribution in [2.45, 2.75) is 33.1 Å². The fourth-order valence-electron chi connectivity index (χ4n) is 4.09. The van der Waals surface area contributed by atoms with Crippen LogP contribution < -0.4 is 0 Å². The van der Waals surface area contributed by atoms with Gasteiger partial charge in [0, 0.05) is 23.9 Å². The van der Waals surface area contributed by atoms with E-state index in [1.807, 2.05) is 32.0 Å². The Labute approximate surface area is 171 Å². The summed E-state index contributed by atoms with van der Waals surface area (Å²) in [5, 5.41) is 0. The summed E-state index contributed by atoms with van der Waals surface area (Å²) in [6, 6.07) is 18.1. The Kier molecular flexibility index (Phi) is 4.98. The molecule has 0 saturated heterocycles. The number of aryl methyl sites for hydroxylation is 3. The summed E-state index contributed by atoms with van der Waals surface area (Å²) in [5.74, 6) is -0.967. The van der Waals surface area contributed by atoms with Crippen molar-refractivity contribution in [3.63, 3.8) is 0 Å². The number of carbonyl (C=O) groups is 2. The normalized spacial score (nSPS) is 16.2. The molecule has 1 aromatic heterocycles. The molecule has 0 saturated carbocycles. The average molecular weight is 381 g/mol. The molecule has 144 valence electrons. The number of benzene rings is 2. The summed E-state index contributed by atoms with van der Waals surface area (Å²) < 4.78 is 0. The van der Waals surface area contributed by atoms with Crippen molar-refractivity contribution in [2.75, 3.05) is 0 Å². The second-order valence-electron chi connectivity index (χ2n) is 7.76. The fraction of sp³-hybridized carbons (Fsp3) is 0.192. The lowest BCUT2D eigenvalue weighted by atomic mass is 9.84. The minimum atomic E-state index is -0.735. The molecule has 4 rings (SSSR count). The zero-order valence-corrected chi connectivity index (χ0v) is 16.9. The van der Waals surface area contributed by atoms with Gasteiger partial charge in [-0.15, -0.1) is 0 Å². The molecule has 0 aliphatic heterocycles. The molecule has 1 aliphatic rings. The van der Waals surface area contributed by atoms with Crippen LogP contribution in [0.5, 0.6) is 0 Å². The van der Waals surface area contributed by atoms with E-state index in [9.17, 15) is 9.59 Å². The van der Waals surface area contributed by atoms with Crippen molar-refractivity contribution in [3.05, 3.63) is 100 Å². The molecule has 3 nitrogen and oxygen atoms in total. The Bertz CT molecular complexity index is 1100. The number of rotatable bonds is 4. The largest absolute Gasteiger partial charge is 0.294 e. The molecular formula is C26H23NO2. The van der Waals surface area contributed by atoms with Crippen LogP contribution in [0, 0.1) is 20.8 Å². The predicted molar refractivity (Wildman–Crippen MR) is 115 cm³/mol. The van der Waals surface area contributed by atoms with Gasteiger partial charge in [-0.2, -0.15) is 0 Å². The topological polar surface area (TPSA) is 47.0 Å². The number of allylic oxidation sites excluding steroid dienone is 2. The smallest absolute Gasteiger partial charge is 0.174 e. The lowest BCUT2D eigenvalue weighted by Crippen LogP contribution is -2.18. The molecule has 0 spiro atoms. The van der Waals surface area contributed by atoms with Gasteiger partial charge >= 0.3 is 0 Å². The first-order valence-electron chi connectivity index (χ1n) is 9.81. The van der Waals surface area contributed by atoms with Crippen molar-refractivity contribution >= 4 is 11.6 Å². The molecule has 0 fully saturated rings. The van der Waals surface area contributed by atoms with E-state index in [-0.39, 0.29) is 11.6 Å². The Balaban J connectivity index is 1.65. The van der Waals surface area contributed by atoms with E-state index >= 15 is 0 Å². The third-order valence-electron chi connectivity index (χ3n) is 5.54. The summed E-state index contributed by atoms with van der Waals surface area (Å²) in [5.41, 5.74) is 7.56. The summed E-state index contributed by atoms with van der Waals surface area (Å²) in [6.07, 6.45) is 3.60. The molecular weight excluding hydrogens is 358 g/mol. The van der Waals surface area contributed by atoms with Gasteiger partial charge in [-0.3, -0.25) is 14.6 Å². The molecule has 0 bridgehead atoms. The van der Waals surface area contributed by atoms with E-state index in [4.69, 9.17) is 0 Å². The Morgan fingerprint density at radius 2 is 1.55 bits per heavy atom. The molecule has 3 aromatic rings. The molecule has 0 radical (unpaired) electrons. The molecule has 3 heteroatoms. The Morgan fingerprint density at radius 1 is 0.862 bits per heavy atom. The van der Waals surface area contributed by atoms with E-state index in [2.05, 4.69) is 48.3 Å². The third-order valence-corrected chi connectivity index (χ3v) is 5.54. The van der Waals surface area contributed by atoms with Gasteiger partial charge in [-0.25, -0.2) is 0 Å². The molecule has 1 aliphatic carbocycles. The van der Waals surface area contributed by atoms with Crippen LogP contribution >= 0.6 is 0 Å². The van der Waals surface area contributed by atoms with E-state index in [0.717, 1.165) is 33.5 Å². The fourth-order valence-corrected chi connectivity index (χ4v) is 4.09. The number of Topliss-reactive ketones (excluding diaryl/α,β-unsaturated/α-hetero) is 1. The molecule has 1 heterocycles. The Morgan fingerprint density at radius 3 is 2.17 bits per heavy atom. The summed E-state index contributed by atoms with van der Waals surface area (Å²) in [6.45, 7) is 6.03. The lowest BCUT2D eigenvalue weighted by molar-refractivity contribution is -0.122. The highest BCUT2D eigenvalue weighted by Crippen LogP contribution is 2.36. The van der Waals surface area contributed by atoms with Gasteiger partial charge < -0.3 is 0 Å². The van der Waals surface area contributed by atoms with E-state index < -0.39 is 5.92 Å².